The Balaban J connectivity index is 2.24. The predicted molar refractivity (Wildman–Crippen MR) is 114 cm³/mol. The van der Waals surface area contributed by atoms with Crippen molar-refractivity contribution in [2.75, 3.05) is 14.2 Å². The maximum atomic E-state index is 13.3. The van der Waals surface area contributed by atoms with Gasteiger partial charge in [0.15, 0.2) is 0 Å². The Labute approximate surface area is 178 Å². The van der Waals surface area contributed by atoms with Crippen molar-refractivity contribution in [2.45, 2.75) is 53.1 Å². The summed E-state index contributed by atoms with van der Waals surface area (Å²) >= 11 is 0. The van der Waals surface area contributed by atoms with Crippen molar-refractivity contribution in [3.05, 3.63) is 46.8 Å². The Morgan fingerprint density at radius 1 is 1.17 bits per heavy atom. The topological polar surface area (TPSA) is 73.9 Å². The molecule has 6 heteroatoms. The monoisotopic (exact) mass is 413 g/mol. The summed E-state index contributed by atoms with van der Waals surface area (Å²) in [6, 6.07) is 5.47. The van der Waals surface area contributed by atoms with Crippen molar-refractivity contribution in [2.24, 2.45) is 11.3 Å². The summed E-state index contributed by atoms with van der Waals surface area (Å²) < 4.78 is 16.5. The minimum atomic E-state index is -0.506. The second-order valence-electron chi connectivity index (χ2n) is 8.91. The summed E-state index contributed by atoms with van der Waals surface area (Å²) in [4.78, 5) is 26.4. The van der Waals surface area contributed by atoms with Gasteiger partial charge in [0.25, 0.3) is 0 Å². The van der Waals surface area contributed by atoms with E-state index in [1.165, 1.54) is 0 Å². The van der Waals surface area contributed by atoms with E-state index in [0.717, 1.165) is 11.3 Å². The summed E-state index contributed by atoms with van der Waals surface area (Å²) in [7, 11) is 3.16. The van der Waals surface area contributed by atoms with Crippen molar-refractivity contribution in [1.82, 2.24) is 5.32 Å². The zero-order valence-corrected chi connectivity index (χ0v) is 18.8. The molecule has 30 heavy (non-hydrogen) atoms. The van der Waals surface area contributed by atoms with Crippen molar-refractivity contribution >= 4 is 11.8 Å². The van der Waals surface area contributed by atoms with E-state index in [4.69, 9.17) is 14.2 Å². The Morgan fingerprint density at radius 3 is 2.47 bits per heavy atom. The Hall–Kier alpha value is -2.76. The zero-order chi connectivity index (χ0) is 22.2. The number of carbonyl (C=O) groups is 2. The molecule has 1 aliphatic carbocycles. The highest BCUT2D eigenvalue weighted by Gasteiger charge is 2.47. The number of Topliss-reactive ketones (excluding diaryl/α,β-unsaturated/α-hetero) is 1. The predicted octanol–water partition coefficient (Wildman–Crippen LogP) is 4.12. The van der Waals surface area contributed by atoms with E-state index < -0.39 is 17.8 Å². The van der Waals surface area contributed by atoms with Crippen LogP contribution in [0.25, 0.3) is 0 Å². The van der Waals surface area contributed by atoms with Crippen LogP contribution in [0.4, 0.5) is 0 Å². The number of ether oxygens (including phenoxy) is 3. The van der Waals surface area contributed by atoms with Crippen LogP contribution in [0.2, 0.25) is 0 Å². The van der Waals surface area contributed by atoms with E-state index in [-0.39, 0.29) is 17.3 Å². The Kier molecular flexibility index (Phi) is 5.97. The molecular weight excluding hydrogens is 382 g/mol. The number of rotatable bonds is 5. The standard InChI is InChI=1S/C24H31NO5/c1-13(2)30-23(27)20-14(3)25-17-11-24(4,5)12-18(26)22(17)21(20)16-9-8-15(28-6)10-19(16)29-7/h8-11,13,21-22,25H,12H2,1-7H3. The van der Waals surface area contributed by atoms with Crippen molar-refractivity contribution in [3.8, 4) is 11.5 Å². The van der Waals surface area contributed by atoms with Gasteiger partial charge in [-0.05, 0) is 32.3 Å². The number of fused-ring (bicyclic) bond motifs is 1. The maximum Gasteiger partial charge on any atom is 0.336 e. The summed E-state index contributed by atoms with van der Waals surface area (Å²) in [5, 5.41) is 3.32. The second-order valence-corrected chi connectivity index (χ2v) is 8.91. The minimum Gasteiger partial charge on any atom is -0.497 e. The van der Waals surface area contributed by atoms with Gasteiger partial charge < -0.3 is 19.5 Å². The van der Waals surface area contributed by atoms with Crippen LogP contribution in [0, 0.1) is 11.3 Å². The number of ketones is 1. The molecule has 1 aromatic rings. The van der Waals surface area contributed by atoms with E-state index in [9.17, 15) is 9.59 Å². The summed E-state index contributed by atoms with van der Waals surface area (Å²) in [5.74, 6) is -0.124. The molecule has 0 fully saturated rings. The first-order valence-corrected chi connectivity index (χ1v) is 10.2. The van der Waals surface area contributed by atoms with Gasteiger partial charge in [0.2, 0.25) is 0 Å². The molecule has 2 aliphatic rings. The molecule has 0 aromatic heterocycles. The molecule has 1 N–H and O–H groups in total. The lowest BCUT2D eigenvalue weighted by Gasteiger charge is -2.41. The van der Waals surface area contributed by atoms with E-state index in [1.807, 2.05) is 46.8 Å². The van der Waals surface area contributed by atoms with Gasteiger partial charge in [-0.3, -0.25) is 4.79 Å². The lowest BCUT2D eigenvalue weighted by molar-refractivity contribution is -0.143. The quantitative estimate of drug-likeness (QED) is 0.732. The SMILES string of the molecule is COc1ccc(C2C(C(=O)OC(C)C)=C(C)NC3=CC(C)(C)CC(=O)C32)c(OC)c1. The van der Waals surface area contributed by atoms with Crippen LogP contribution in [0.3, 0.4) is 0 Å². The number of nitrogens with one attached hydrogen (secondary N) is 1. The van der Waals surface area contributed by atoms with Crippen molar-refractivity contribution < 1.29 is 23.8 Å². The number of carbonyl (C=O) groups excluding carboxylic acids is 2. The van der Waals surface area contributed by atoms with Gasteiger partial charge in [-0.15, -0.1) is 0 Å². The molecule has 0 radical (unpaired) electrons. The lowest BCUT2D eigenvalue weighted by atomic mass is 9.66. The first kappa shape index (κ1) is 21.9. The third kappa shape index (κ3) is 4.09. The van der Waals surface area contributed by atoms with Crippen LogP contribution < -0.4 is 14.8 Å². The van der Waals surface area contributed by atoms with Crippen LogP contribution in [0.15, 0.2) is 41.2 Å². The van der Waals surface area contributed by atoms with Crippen LogP contribution in [-0.2, 0) is 14.3 Å². The normalized spacial score (nSPS) is 22.8. The zero-order valence-electron chi connectivity index (χ0n) is 18.8. The van der Waals surface area contributed by atoms with Gasteiger partial charge in [0, 0.05) is 35.4 Å². The molecule has 1 aliphatic heterocycles. The highest BCUT2D eigenvalue weighted by molar-refractivity contribution is 5.96. The first-order chi connectivity index (χ1) is 14.1. The number of methoxy groups -OCH3 is 2. The molecule has 2 unspecified atom stereocenters. The molecule has 0 saturated carbocycles. The molecule has 6 nitrogen and oxygen atoms in total. The Bertz CT molecular complexity index is 926. The lowest BCUT2D eigenvalue weighted by Crippen LogP contribution is -2.43. The van der Waals surface area contributed by atoms with E-state index in [2.05, 4.69) is 11.4 Å². The first-order valence-electron chi connectivity index (χ1n) is 10.2. The molecule has 0 spiro atoms. The molecule has 3 rings (SSSR count). The fraction of sp³-hybridized carbons (Fsp3) is 0.500. The van der Waals surface area contributed by atoms with Gasteiger partial charge in [-0.25, -0.2) is 4.79 Å². The third-order valence-corrected chi connectivity index (χ3v) is 5.58. The highest BCUT2D eigenvalue weighted by atomic mass is 16.5. The Morgan fingerprint density at radius 2 is 1.87 bits per heavy atom. The molecule has 1 heterocycles. The largest absolute Gasteiger partial charge is 0.497 e. The van der Waals surface area contributed by atoms with Crippen LogP contribution >= 0.6 is 0 Å². The van der Waals surface area contributed by atoms with Crippen LogP contribution in [0.1, 0.15) is 52.5 Å². The number of hydrogen-bond acceptors (Lipinski definition) is 6. The van der Waals surface area contributed by atoms with Gasteiger partial charge >= 0.3 is 5.97 Å². The average Bonchev–Trinajstić information content (AvgIpc) is 2.64. The van der Waals surface area contributed by atoms with Crippen LogP contribution in [0.5, 0.6) is 11.5 Å². The third-order valence-electron chi connectivity index (χ3n) is 5.58. The van der Waals surface area contributed by atoms with E-state index in [0.29, 0.717) is 29.2 Å². The number of allylic oxidation sites excluding steroid dienone is 3. The molecule has 0 amide bonds. The molecule has 162 valence electrons. The summed E-state index contributed by atoms with van der Waals surface area (Å²) in [6.07, 6.45) is 2.24. The highest BCUT2D eigenvalue weighted by Crippen LogP contribution is 2.49. The second kappa shape index (κ2) is 8.17. The molecule has 0 saturated heterocycles. The number of benzene rings is 1. The summed E-state index contributed by atoms with van der Waals surface area (Å²) in [5.41, 5.74) is 2.50. The molecule has 1 aromatic carbocycles. The van der Waals surface area contributed by atoms with Crippen molar-refractivity contribution in [3.63, 3.8) is 0 Å². The van der Waals surface area contributed by atoms with Crippen LogP contribution in [-0.4, -0.2) is 32.1 Å². The van der Waals surface area contributed by atoms with Gasteiger partial charge in [0.1, 0.15) is 17.3 Å². The number of hydrogen-bond donors (Lipinski definition) is 1. The minimum absolute atomic E-state index is 0.0928. The summed E-state index contributed by atoms with van der Waals surface area (Å²) in [6.45, 7) is 9.56. The maximum absolute atomic E-state index is 13.3. The smallest absolute Gasteiger partial charge is 0.336 e. The van der Waals surface area contributed by atoms with Gasteiger partial charge in [-0.1, -0.05) is 26.0 Å². The molecule has 2 atom stereocenters. The van der Waals surface area contributed by atoms with E-state index in [1.54, 1.807) is 20.3 Å². The molecule has 0 bridgehead atoms. The average molecular weight is 414 g/mol. The van der Waals surface area contributed by atoms with Crippen molar-refractivity contribution in [1.29, 1.82) is 0 Å². The van der Waals surface area contributed by atoms with Gasteiger partial charge in [-0.2, -0.15) is 0 Å². The van der Waals surface area contributed by atoms with E-state index >= 15 is 0 Å². The number of esters is 1. The fourth-order valence-electron chi connectivity index (χ4n) is 4.43. The van der Waals surface area contributed by atoms with Gasteiger partial charge in [0.05, 0.1) is 31.8 Å². The molecular formula is C24H31NO5. The fourth-order valence-corrected chi connectivity index (χ4v) is 4.43.